The SMILES string of the molecule is Cc1cc(N2CC(C)C2)ccc1Br. The monoisotopic (exact) mass is 239 g/mol. The van der Waals surface area contributed by atoms with Gasteiger partial charge in [0.05, 0.1) is 0 Å². The van der Waals surface area contributed by atoms with Gasteiger partial charge in [-0.3, -0.25) is 0 Å². The molecule has 0 saturated carbocycles. The minimum atomic E-state index is 0.865. The normalized spacial score (nSPS) is 17.3. The number of halogens is 1. The number of hydrogen-bond acceptors (Lipinski definition) is 1. The van der Waals surface area contributed by atoms with Crippen molar-refractivity contribution < 1.29 is 0 Å². The van der Waals surface area contributed by atoms with Crippen molar-refractivity contribution in [3.8, 4) is 0 Å². The van der Waals surface area contributed by atoms with E-state index in [1.165, 1.54) is 28.8 Å². The lowest BCUT2D eigenvalue weighted by Gasteiger charge is -2.39. The first-order chi connectivity index (χ1) is 6.16. The molecule has 1 aromatic rings. The maximum Gasteiger partial charge on any atom is 0.0369 e. The standard InChI is InChI=1S/C11H14BrN/c1-8-6-13(7-8)10-3-4-11(12)9(2)5-10/h3-5,8H,6-7H2,1-2H3. The largest absolute Gasteiger partial charge is 0.371 e. The molecule has 1 aliphatic rings. The summed E-state index contributed by atoms with van der Waals surface area (Å²) in [6.45, 7) is 6.85. The van der Waals surface area contributed by atoms with Crippen LogP contribution in [0.3, 0.4) is 0 Å². The van der Waals surface area contributed by atoms with Gasteiger partial charge in [-0.15, -0.1) is 0 Å². The number of anilines is 1. The highest BCUT2D eigenvalue weighted by atomic mass is 79.9. The summed E-state index contributed by atoms with van der Waals surface area (Å²) in [5.41, 5.74) is 2.68. The van der Waals surface area contributed by atoms with Crippen LogP contribution in [0.5, 0.6) is 0 Å². The van der Waals surface area contributed by atoms with Gasteiger partial charge >= 0.3 is 0 Å². The van der Waals surface area contributed by atoms with E-state index in [1.807, 2.05) is 0 Å². The van der Waals surface area contributed by atoms with Gasteiger partial charge in [-0.05, 0) is 36.6 Å². The van der Waals surface area contributed by atoms with Gasteiger partial charge in [0.25, 0.3) is 0 Å². The van der Waals surface area contributed by atoms with Gasteiger partial charge in [0.2, 0.25) is 0 Å². The highest BCUT2D eigenvalue weighted by Crippen LogP contribution is 2.27. The second-order valence-corrected chi connectivity index (χ2v) is 4.80. The van der Waals surface area contributed by atoms with E-state index in [2.05, 4.69) is 52.9 Å². The Balaban J connectivity index is 2.18. The molecule has 0 N–H and O–H groups in total. The smallest absolute Gasteiger partial charge is 0.0369 e. The van der Waals surface area contributed by atoms with E-state index in [1.54, 1.807) is 0 Å². The molecule has 70 valence electrons. The van der Waals surface area contributed by atoms with E-state index in [-0.39, 0.29) is 0 Å². The summed E-state index contributed by atoms with van der Waals surface area (Å²) in [4.78, 5) is 2.42. The van der Waals surface area contributed by atoms with Crippen LogP contribution in [-0.2, 0) is 0 Å². The zero-order valence-electron chi connectivity index (χ0n) is 8.05. The predicted octanol–water partition coefficient (Wildman–Crippen LogP) is 3.21. The Hall–Kier alpha value is -0.500. The summed E-state index contributed by atoms with van der Waals surface area (Å²) in [6, 6.07) is 6.56. The molecule has 0 radical (unpaired) electrons. The van der Waals surface area contributed by atoms with E-state index in [4.69, 9.17) is 0 Å². The first-order valence-corrected chi connectivity index (χ1v) is 5.47. The summed E-state index contributed by atoms with van der Waals surface area (Å²) in [7, 11) is 0. The highest BCUT2D eigenvalue weighted by molar-refractivity contribution is 9.10. The second kappa shape index (κ2) is 3.33. The number of benzene rings is 1. The molecular weight excluding hydrogens is 226 g/mol. The van der Waals surface area contributed by atoms with Gasteiger partial charge in [-0.1, -0.05) is 22.9 Å². The van der Waals surface area contributed by atoms with Crippen LogP contribution < -0.4 is 4.90 Å². The molecule has 13 heavy (non-hydrogen) atoms. The average Bonchev–Trinajstić information content (AvgIpc) is 2.05. The Morgan fingerprint density at radius 3 is 2.62 bits per heavy atom. The lowest BCUT2D eigenvalue weighted by atomic mass is 10.0. The third-order valence-electron chi connectivity index (χ3n) is 2.57. The minimum absolute atomic E-state index is 0.865. The maximum absolute atomic E-state index is 3.51. The van der Waals surface area contributed by atoms with E-state index in [9.17, 15) is 0 Å². The molecule has 0 aromatic heterocycles. The Kier molecular flexibility index (Phi) is 2.33. The van der Waals surface area contributed by atoms with Crippen LogP contribution in [0.4, 0.5) is 5.69 Å². The highest BCUT2D eigenvalue weighted by Gasteiger charge is 2.22. The summed E-state index contributed by atoms with van der Waals surface area (Å²) < 4.78 is 1.20. The summed E-state index contributed by atoms with van der Waals surface area (Å²) in [6.07, 6.45) is 0. The van der Waals surface area contributed by atoms with E-state index in [0.717, 1.165) is 5.92 Å². The van der Waals surface area contributed by atoms with Gasteiger partial charge in [0.1, 0.15) is 0 Å². The van der Waals surface area contributed by atoms with Gasteiger partial charge in [-0.2, -0.15) is 0 Å². The zero-order valence-corrected chi connectivity index (χ0v) is 9.63. The van der Waals surface area contributed by atoms with Crippen molar-refractivity contribution in [1.29, 1.82) is 0 Å². The number of nitrogens with zero attached hydrogens (tertiary/aromatic N) is 1. The number of rotatable bonds is 1. The Morgan fingerprint density at radius 2 is 2.08 bits per heavy atom. The van der Waals surface area contributed by atoms with Crippen LogP contribution in [0.2, 0.25) is 0 Å². The Bertz CT molecular complexity index is 316. The lowest BCUT2D eigenvalue weighted by molar-refractivity contribution is 0.447. The zero-order chi connectivity index (χ0) is 9.42. The Labute approximate surface area is 87.9 Å². The average molecular weight is 240 g/mol. The number of hydrogen-bond donors (Lipinski definition) is 0. The molecule has 1 nitrogen and oxygen atoms in total. The van der Waals surface area contributed by atoms with Gasteiger partial charge < -0.3 is 4.90 Å². The lowest BCUT2D eigenvalue weighted by Crippen LogP contribution is -2.45. The van der Waals surface area contributed by atoms with Crippen molar-refractivity contribution in [1.82, 2.24) is 0 Å². The van der Waals surface area contributed by atoms with Gasteiger partial charge in [0.15, 0.2) is 0 Å². The summed E-state index contributed by atoms with van der Waals surface area (Å²) >= 11 is 3.51. The van der Waals surface area contributed by atoms with Crippen molar-refractivity contribution in [3.05, 3.63) is 28.2 Å². The molecule has 0 atom stereocenters. The van der Waals surface area contributed by atoms with Crippen LogP contribution in [-0.4, -0.2) is 13.1 Å². The van der Waals surface area contributed by atoms with E-state index in [0.29, 0.717) is 0 Å². The molecule has 0 amide bonds. The molecule has 0 aliphatic carbocycles. The van der Waals surface area contributed by atoms with Crippen molar-refractivity contribution in [2.75, 3.05) is 18.0 Å². The molecule has 0 unspecified atom stereocenters. The van der Waals surface area contributed by atoms with Crippen LogP contribution in [0, 0.1) is 12.8 Å². The molecule has 0 spiro atoms. The topological polar surface area (TPSA) is 3.24 Å². The van der Waals surface area contributed by atoms with Gasteiger partial charge in [-0.25, -0.2) is 0 Å². The Morgan fingerprint density at radius 1 is 1.38 bits per heavy atom. The van der Waals surface area contributed by atoms with Gasteiger partial charge in [0, 0.05) is 23.2 Å². The molecule has 1 saturated heterocycles. The van der Waals surface area contributed by atoms with Crippen LogP contribution >= 0.6 is 15.9 Å². The third kappa shape index (κ3) is 1.73. The molecule has 1 aromatic carbocycles. The second-order valence-electron chi connectivity index (χ2n) is 3.94. The summed E-state index contributed by atoms with van der Waals surface area (Å²) in [5.74, 6) is 0.865. The molecule has 1 fully saturated rings. The molecule has 2 rings (SSSR count). The van der Waals surface area contributed by atoms with Crippen molar-refractivity contribution in [3.63, 3.8) is 0 Å². The van der Waals surface area contributed by atoms with E-state index < -0.39 is 0 Å². The van der Waals surface area contributed by atoms with E-state index >= 15 is 0 Å². The molecule has 1 aliphatic heterocycles. The third-order valence-corrected chi connectivity index (χ3v) is 3.46. The molecule has 0 bridgehead atoms. The molecular formula is C11H14BrN. The molecule has 2 heteroatoms. The fourth-order valence-electron chi connectivity index (χ4n) is 1.74. The van der Waals surface area contributed by atoms with Crippen molar-refractivity contribution in [2.45, 2.75) is 13.8 Å². The quantitative estimate of drug-likeness (QED) is 0.728. The first-order valence-electron chi connectivity index (χ1n) is 4.68. The fraction of sp³-hybridized carbons (Fsp3) is 0.455. The first kappa shape index (κ1) is 9.07. The van der Waals surface area contributed by atoms with Crippen molar-refractivity contribution in [2.24, 2.45) is 5.92 Å². The minimum Gasteiger partial charge on any atom is -0.371 e. The summed E-state index contributed by atoms with van der Waals surface area (Å²) in [5, 5.41) is 0. The predicted molar refractivity (Wildman–Crippen MR) is 60.3 cm³/mol. The molecule has 1 heterocycles. The van der Waals surface area contributed by atoms with Crippen LogP contribution in [0.15, 0.2) is 22.7 Å². The van der Waals surface area contributed by atoms with Crippen LogP contribution in [0.25, 0.3) is 0 Å². The van der Waals surface area contributed by atoms with Crippen molar-refractivity contribution >= 4 is 21.6 Å². The maximum atomic E-state index is 3.51. The number of aryl methyl sites for hydroxylation is 1. The fourth-order valence-corrected chi connectivity index (χ4v) is 1.98. The van der Waals surface area contributed by atoms with Crippen LogP contribution in [0.1, 0.15) is 12.5 Å².